The minimum Gasteiger partial charge on any atom is -0.481 e. The van der Waals surface area contributed by atoms with Crippen LogP contribution in [0.1, 0.15) is 32.6 Å². The molecule has 1 fully saturated rings. The first kappa shape index (κ1) is 17.2. The molecule has 1 radical (unpaired) electrons. The lowest BCUT2D eigenvalue weighted by atomic mass is 9.61. The first-order valence-corrected chi connectivity index (χ1v) is 6.89. The van der Waals surface area contributed by atoms with E-state index in [1.54, 1.807) is 6.92 Å². The maximum absolute atomic E-state index is 11.9. The smallest absolute Gasteiger partial charge is 0.330 e. The fourth-order valence-electron chi connectivity index (χ4n) is 3.16. The van der Waals surface area contributed by atoms with Gasteiger partial charge in [-0.15, -0.1) is 0 Å². The minimum absolute atomic E-state index is 0.147. The fourth-order valence-corrected chi connectivity index (χ4v) is 3.16. The molecule has 21 heavy (non-hydrogen) atoms. The summed E-state index contributed by atoms with van der Waals surface area (Å²) in [5.74, 6) is -4.88. The summed E-state index contributed by atoms with van der Waals surface area (Å²) in [6.07, 6.45) is 1.43. The van der Waals surface area contributed by atoms with Crippen LogP contribution in [0.5, 0.6) is 0 Å². The van der Waals surface area contributed by atoms with Gasteiger partial charge in [-0.2, -0.15) is 0 Å². The molecule has 1 aliphatic carbocycles. The Bertz CT molecular complexity index is 441. The Balaban J connectivity index is 3.32. The molecule has 0 heterocycles. The second kappa shape index (κ2) is 6.74. The number of rotatable bonds is 6. The molecule has 117 valence electrons. The zero-order chi connectivity index (χ0) is 16.2. The highest BCUT2D eigenvalue weighted by Crippen LogP contribution is 2.47. The topological polar surface area (TPSA) is 101 Å². The number of aliphatic carboxylic acids is 2. The summed E-state index contributed by atoms with van der Waals surface area (Å²) in [7, 11) is 0. The molecular weight excluding hydrogens is 276 g/mol. The predicted molar refractivity (Wildman–Crippen MR) is 74.3 cm³/mol. The van der Waals surface area contributed by atoms with Crippen molar-refractivity contribution in [2.45, 2.75) is 38.7 Å². The molecule has 0 aromatic heterocycles. The molecule has 0 saturated heterocycles. The molecule has 0 spiro atoms. The number of carbonyl (C=O) groups is 3. The summed E-state index contributed by atoms with van der Waals surface area (Å²) in [6, 6.07) is 0. The molecule has 1 saturated carbocycles. The number of ether oxygens (including phenoxy) is 1. The molecule has 1 aliphatic rings. The molecule has 6 heteroatoms. The van der Waals surface area contributed by atoms with Crippen molar-refractivity contribution in [3.8, 4) is 0 Å². The Morgan fingerprint density at radius 2 is 1.95 bits per heavy atom. The van der Waals surface area contributed by atoms with Gasteiger partial charge in [0, 0.05) is 6.08 Å². The second-order valence-corrected chi connectivity index (χ2v) is 5.52. The number of carboxylic acids is 2. The van der Waals surface area contributed by atoms with Crippen molar-refractivity contribution in [3.05, 3.63) is 19.6 Å². The van der Waals surface area contributed by atoms with Gasteiger partial charge >= 0.3 is 17.9 Å². The van der Waals surface area contributed by atoms with Gasteiger partial charge in [0.05, 0.1) is 5.92 Å². The molecular formula is C15H21O6. The standard InChI is InChI=1S/C15H21O6/c1-4-11(16)21-12(9(2)3)15(14(19)20)8-6-5-7-10(15)13(17)18/h4,9-10,12H,1-2,5-8H2,3H3,(H,17,18)(H,19,20). The van der Waals surface area contributed by atoms with E-state index in [0.717, 1.165) is 6.08 Å². The van der Waals surface area contributed by atoms with Crippen molar-refractivity contribution in [3.63, 3.8) is 0 Å². The Kier molecular flexibility index (Phi) is 5.52. The number of hydrogen-bond donors (Lipinski definition) is 2. The first-order chi connectivity index (χ1) is 9.77. The highest BCUT2D eigenvalue weighted by atomic mass is 16.5. The van der Waals surface area contributed by atoms with E-state index in [0.29, 0.717) is 12.8 Å². The highest BCUT2D eigenvalue weighted by molar-refractivity contribution is 5.86. The van der Waals surface area contributed by atoms with Crippen molar-refractivity contribution in [2.24, 2.45) is 17.3 Å². The number of esters is 1. The van der Waals surface area contributed by atoms with Crippen LogP contribution in [0.15, 0.2) is 12.7 Å². The molecule has 2 N–H and O–H groups in total. The third-order valence-corrected chi connectivity index (χ3v) is 4.09. The Morgan fingerprint density at radius 1 is 1.33 bits per heavy atom. The van der Waals surface area contributed by atoms with Crippen molar-refractivity contribution in [2.75, 3.05) is 0 Å². The summed E-state index contributed by atoms with van der Waals surface area (Å²) >= 11 is 0. The van der Waals surface area contributed by atoms with Gasteiger partial charge in [-0.3, -0.25) is 9.59 Å². The zero-order valence-corrected chi connectivity index (χ0v) is 12.1. The van der Waals surface area contributed by atoms with Gasteiger partial charge in [-0.1, -0.05) is 26.3 Å². The zero-order valence-electron chi connectivity index (χ0n) is 12.1. The lowest BCUT2D eigenvalue weighted by molar-refractivity contribution is -0.187. The lowest BCUT2D eigenvalue weighted by Gasteiger charge is -2.44. The fraction of sp³-hybridized carbons (Fsp3) is 0.600. The second-order valence-electron chi connectivity index (χ2n) is 5.52. The summed E-state index contributed by atoms with van der Waals surface area (Å²) < 4.78 is 5.18. The maximum Gasteiger partial charge on any atom is 0.330 e. The van der Waals surface area contributed by atoms with Crippen LogP contribution in [0.25, 0.3) is 0 Å². The van der Waals surface area contributed by atoms with E-state index in [2.05, 4.69) is 13.5 Å². The van der Waals surface area contributed by atoms with Crippen LogP contribution < -0.4 is 0 Å². The van der Waals surface area contributed by atoms with Crippen molar-refractivity contribution in [1.29, 1.82) is 0 Å². The van der Waals surface area contributed by atoms with Gasteiger partial charge in [0.25, 0.3) is 0 Å². The SMILES string of the molecule is [CH2]C(C)C(OC(=O)C=C)C1(C(=O)O)CCCCC1C(=O)O. The number of carboxylic acid groups (broad SMARTS) is 2. The van der Waals surface area contributed by atoms with Gasteiger partial charge in [0.15, 0.2) is 0 Å². The average molecular weight is 297 g/mol. The van der Waals surface area contributed by atoms with Crippen LogP contribution in [-0.4, -0.2) is 34.2 Å². The Morgan fingerprint density at radius 3 is 2.38 bits per heavy atom. The molecule has 4 atom stereocenters. The summed E-state index contributed by atoms with van der Waals surface area (Å²) in [6.45, 7) is 8.65. The molecule has 0 aromatic carbocycles. The lowest BCUT2D eigenvalue weighted by Crippen LogP contribution is -2.55. The molecule has 1 rings (SSSR count). The van der Waals surface area contributed by atoms with E-state index in [9.17, 15) is 24.6 Å². The van der Waals surface area contributed by atoms with Gasteiger partial charge in [-0.05, 0) is 25.7 Å². The molecule has 0 bridgehead atoms. The third-order valence-electron chi connectivity index (χ3n) is 4.09. The summed E-state index contributed by atoms with van der Waals surface area (Å²) in [5.41, 5.74) is -1.65. The summed E-state index contributed by atoms with van der Waals surface area (Å²) in [5, 5.41) is 19.1. The molecule has 0 aliphatic heterocycles. The first-order valence-electron chi connectivity index (χ1n) is 6.89. The monoisotopic (exact) mass is 297 g/mol. The molecule has 0 amide bonds. The number of hydrogen-bond acceptors (Lipinski definition) is 4. The van der Waals surface area contributed by atoms with E-state index >= 15 is 0 Å². The van der Waals surface area contributed by atoms with E-state index in [-0.39, 0.29) is 12.8 Å². The van der Waals surface area contributed by atoms with E-state index in [4.69, 9.17) is 4.74 Å². The van der Waals surface area contributed by atoms with Crippen molar-refractivity contribution >= 4 is 17.9 Å². The largest absolute Gasteiger partial charge is 0.481 e. The van der Waals surface area contributed by atoms with E-state index < -0.39 is 41.3 Å². The normalized spacial score (nSPS) is 26.9. The summed E-state index contributed by atoms with van der Waals surface area (Å²) in [4.78, 5) is 34.9. The predicted octanol–water partition coefficient (Wildman–Crippen LogP) is 1.90. The Hall–Kier alpha value is -1.85. The number of carbonyl (C=O) groups excluding carboxylic acids is 1. The van der Waals surface area contributed by atoms with Crippen LogP contribution >= 0.6 is 0 Å². The van der Waals surface area contributed by atoms with Crippen molar-refractivity contribution < 1.29 is 29.3 Å². The van der Waals surface area contributed by atoms with E-state index in [1.165, 1.54) is 0 Å². The maximum atomic E-state index is 11.9. The van der Waals surface area contributed by atoms with Crippen LogP contribution in [-0.2, 0) is 19.1 Å². The van der Waals surface area contributed by atoms with Gasteiger partial charge < -0.3 is 14.9 Å². The van der Waals surface area contributed by atoms with E-state index in [1.807, 2.05) is 0 Å². The molecule has 0 aromatic rings. The molecule has 6 nitrogen and oxygen atoms in total. The average Bonchev–Trinajstić information content (AvgIpc) is 2.43. The van der Waals surface area contributed by atoms with Crippen LogP contribution in [0.4, 0.5) is 0 Å². The van der Waals surface area contributed by atoms with Crippen LogP contribution in [0, 0.1) is 24.2 Å². The van der Waals surface area contributed by atoms with Gasteiger partial charge in [0.1, 0.15) is 11.5 Å². The Labute approximate surface area is 123 Å². The third kappa shape index (κ3) is 3.25. The van der Waals surface area contributed by atoms with Gasteiger partial charge in [-0.25, -0.2) is 4.79 Å². The van der Waals surface area contributed by atoms with Crippen LogP contribution in [0.3, 0.4) is 0 Å². The van der Waals surface area contributed by atoms with Gasteiger partial charge in [0.2, 0.25) is 0 Å². The van der Waals surface area contributed by atoms with Crippen LogP contribution in [0.2, 0.25) is 0 Å². The quantitative estimate of drug-likeness (QED) is 0.573. The molecule has 4 unspecified atom stereocenters. The highest BCUT2D eigenvalue weighted by Gasteiger charge is 2.58. The van der Waals surface area contributed by atoms with Crippen molar-refractivity contribution in [1.82, 2.24) is 0 Å². The minimum atomic E-state index is -1.65.